The molecule has 0 saturated carbocycles. The Balaban J connectivity index is 1.29. The fraction of sp³-hybridized carbons (Fsp3) is 0.208. The van der Waals surface area contributed by atoms with Crippen molar-refractivity contribution in [2.24, 2.45) is 0 Å². The van der Waals surface area contributed by atoms with Crippen LogP contribution in [0.5, 0.6) is 0 Å². The number of nitrogens with one attached hydrogen (secondary N) is 2. The van der Waals surface area contributed by atoms with E-state index in [9.17, 15) is 26.4 Å². The van der Waals surface area contributed by atoms with Crippen LogP contribution >= 0.6 is 11.3 Å². The van der Waals surface area contributed by atoms with Gasteiger partial charge in [0.15, 0.2) is 0 Å². The van der Waals surface area contributed by atoms with E-state index in [1.165, 1.54) is 35.9 Å². The Kier molecular flexibility index (Phi) is 6.50. The summed E-state index contributed by atoms with van der Waals surface area (Å²) in [6.45, 7) is 0.649. The minimum absolute atomic E-state index is 0.000183. The van der Waals surface area contributed by atoms with Crippen molar-refractivity contribution < 1.29 is 26.4 Å². The van der Waals surface area contributed by atoms with Gasteiger partial charge in [-0.3, -0.25) is 4.79 Å². The molecule has 2 aromatic heterocycles. The first kappa shape index (κ1) is 25.0. The van der Waals surface area contributed by atoms with Gasteiger partial charge in [0.25, 0.3) is 5.91 Å². The summed E-state index contributed by atoms with van der Waals surface area (Å²) in [5, 5.41) is 4.99. The van der Waals surface area contributed by atoms with Crippen LogP contribution in [0.15, 0.2) is 65.4 Å². The van der Waals surface area contributed by atoms with E-state index in [4.69, 9.17) is 0 Å². The first-order valence-electron chi connectivity index (χ1n) is 11.1. The largest absolute Gasteiger partial charge is 0.416 e. The minimum Gasteiger partial charge on any atom is -0.355 e. The van der Waals surface area contributed by atoms with Crippen LogP contribution in [0, 0.1) is 0 Å². The standard InChI is InChI=1S/C24H20F3N5O3S2/c25-24(26,27)16-4-6-17(7-5-16)30-19-3-1-2-15-13-32(10-8-18(15)19)22(33)20-12-29-23(31-20)37(34,35)14-21-28-9-11-36-21/h1-7,9,11-12,30H,8,10,13-14H2,(H,29,31). The monoisotopic (exact) mass is 547 g/mol. The molecule has 0 spiro atoms. The molecule has 0 unspecified atom stereocenters. The normalized spacial score (nSPS) is 13.9. The highest BCUT2D eigenvalue weighted by atomic mass is 32.2. The molecular formula is C24H20F3N5O3S2. The van der Waals surface area contributed by atoms with E-state index < -0.39 is 27.5 Å². The second-order valence-corrected chi connectivity index (χ2v) is 11.3. The molecule has 0 bridgehead atoms. The number of aromatic nitrogens is 3. The van der Waals surface area contributed by atoms with Crippen LogP contribution in [-0.4, -0.2) is 40.7 Å². The van der Waals surface area contributed by atoms with Gasteiger partial charge in [-0.05, 0) is 47.9 Å². The van der Waals surface area contributed by atoms with Gasteiger partial charge in [-0.15, -0.1) is 11.3 Å². The first-order chi connectivity index (χ1) is 17.6. The highest BCUT2D eigenvalue weighted by molar-refractivity contribution is 7.90. The Morgan fingerprint density at radius 1 is 1.16 bits per heavy atom. The summed E-state index contributed by atoms with van der Waals surface area (Å²) in [6.07, 6.45) is -1.09. The fourth-order valence-electron chi connectivity index (χ4n) is 4.09. The topological polar surface area (TPSA) is 108 Å². The third-order valence-corrected chi connectivity index (χ3v) is 8.32. The zero-order chi connectivity index (χ0) is 26.2. The zero-order valence-electron chi connectivity index (χ0n) is 19.1. The highest BCUT2D eigenvalue weighted by Crippen LogP contribution is 2.32. The molecular weight excluding hydrogens is 527 g/mol. The number of imidazole rings is 1. The molecule has 37 heavy (non-hydrogen) atoms. The van der Waals surface area contributed by atoms with Crippen molar-refractivity contribution in [2.75, 3.05) is 11.9 Å². The van der Waals surface area contributed by atoms with E-state index in [-0.39, 0.29) is 23.1 Å². The maximum Gasteiger partial charge on any atom is 0.416 e. The third kappa shape index (κ3) is 5.37. The van der Waals surface area contributed by atoms with Crippen molar-refractivity contribution >= 4 is 38.5 Å². The molecule has 0 fully saturated rings. The zero-order valence-corrected chi connectivity index (χ0v) is 20.8. The summed E-state index contributed by atoms with van der Waals surface area (Å²) in [5.41, 5.74) is 2.38. The molecule has 5 rings (SSSR count). The number of carbonyl (C=O) groups excluding carboxylic acids is 1. The van der Waals surface area contributed by atoms with Gasteiger partial charge >= 0.3 is 6.18 Å². The van der Waals surface area contributed by atoms with E-state index in [1.807, 2.05) is 12.1 Å². The molecule has 192 valence electrons. The SMILES string of the molecule is O=C(c1c[nH]c(S(=O)(=O)Cc2nccs2)n1)N1CCc2c(cccc2Nc2ccc(C(F)(F)F)cc2)C1. The van der Waals surface area contributed by atoms with Gasteiger partial charge in [-0.25, -0.2) is 18.4 Å². The van der Waals surface area contributed by atoms with Crippen LogP contribution in [-0.2, 0) is 34.7 Å². The maximum atomic E-state index is 13.1. The van der Waals surface area contributed by atoms with Gasteiger partial charge in [-0.2, -0.15) is 13.2 Å². The number of halogens is 3. The quantitative estimate of drug-likeness (QED) is 0.359. The van der Waals surface area contributed by atoms with Gasteiger partial charge in [-0.1, -0.05) is 12.1 Å². The predicted molar refractivity (Wildman–Crippen MR) is 131 cm³/mol. The number of hydrogen-bond donors (Lipinski definition) is 2. The number of sulfone groups is 1. The van der Waals surface area contributed by atoms with Crippen LogP contribution in [0.2, 0.25) is 0 Å². The van der Waals surface area contributed by atoms with E-state index in [1.54, 1.807) is 16.3 Å². The smallest absolute Gasteiger partial charge is 0.355 e. The number of amides is 1. The Hall–Kier alpha value is -3.71. The average Bonchev–Trinajstić information content (AvgIpc) is 3.56. The van der Waals surface area contributed by atoms with E-state index in [2.05, 4.69) is 20.3 Å². The van der Waals surface area contributed by atoms with Crippen molar-refractivity contribution in [3.63, 3.8) is 0 Å². The maximum absolute atomic E-state index is 13.1. The Bertz CT molecular complexity index is 1530. The van der Waals surface area contributed by atoms with Crippen molar-refractivity contribution in [3.05, 3.63) is 87.6 Å². The van der Waals surface area contributed by atoms with E-state index in [0.29, 0.717) is 23.7 Å². The molecule has 13 heteroatoms. The van der Waals surface area contributed by atoms with Gasteiger partial charge < -0.3 is 15.2 Å². The molecule has 0 radical (unpaired) electrons. The lowest BCUT2D eigenvalue weighted by molar-refractivity contribution is -0.137. The second kappa shape index (κ2) is 9.63. The molecule has 2 aromatic carbocycles. The lowest BCUT2D eigenvalue weighted by Gasteiger charge is -2.30. The molecule has 0 atom stereocenters. The average molecular weight is 548 g/mol. The van der Waals surface area contributed by atoms with E-state index in [0.717, 1.165) is 28.9 Å². The number of nitrogens with zero attached hydrogens (tertiary/aromatic N) is 3. The molecule has 4 aromatic rings. The van der Waals surface area contributed by atoms with Gasteiger partial charge in [0, 0.05) is 42.2 Å². The van der Waals surface area contributed by atoms with Crippen LogP contribution in [0.3, 0.4) is 0 Å². The molecule has 3 heterocycles. The van der Waals surface area contributed by atoms with E-state index >= 15 is 0 Å². The molecule has 0 aliphatic carbocycles. The molecule has 1 amide bonds. The van der Waals surface area contributed by atoms with Gasteiger partial charge in [0.1, 0.15) is 16.5 Å². The Morgan fingerprint density at radius 2 is 1.95 bits per heavy atom. The molecule has 1 aliphatic rings. The number of alkyl halides is 3. The lowest BCUT2D eigenvalue weighted by Crippen LogP contribution is -2.36. The highest BCUT2D eigenvalue weighted by Gasteiger charge is 2.30. The number of aromatic amines is 1. The summed E-state index contributed by atoms with van der Waals surface area (Å²) >= 11 is 1.22. The van der Waals surface area contributed by atoms with Crippen LogP contribution in [0.4, 0.5) is 24.5 Å². The summed E-state index contributed by atoms with van der Waals surface area (Å²) < 4.78 is 63.8. The summed E-state index contributed by atoms with van der Waals surface area (Å²) in [5.74, 6) is -0.712. The van der Waals surface area contributed by atoms with Gasteiger partial charge in [0.2, 0.25) is 15.0 Å². The first-order valence-corrected chi connectivity index (χ1v) is 13.6. The number of rotatable bonds is 6. The number of hydrogen-bond acceptors (Lipinski definition) is 7. The molecule has 8 nitrogen and oxygen atoms in total. The molecule has 1 aliphatic heterocycles. The van der Waals surface area contributed by atoms with Crippen LogP contribution in [0.1, 0.15) is 32.2 Å². The molecule has 0 saturated heterocycles. The van der Waals surface area contributed by atoms with Crippen LogP contribution in [0.25, 0.3) is 0 Å². The number of H-pyrrole nitrogens is 1. The Labute approximate surface area is 214 Å². The van der Waals surface area contributed by atoms with Gasteiger partial charge in [0.05, 0.1) is 5.56 Å². The number of benzene rings is 2. The number of carbonyl (C=O) groups is 1. The summed E-state index contributed by atoms with van der Waals surface area (Å²) in [6, 6.07) is 10.3. The third-order valence-electron chi connectivity index (χ3n) is 5.91. The summed E-state index contributed by atoms with van der Waals surface area (Å²) in [7, 11) is -3.78. The van der Waals surface area contributed by atoms with Crippen molar-refractivity contribution in [1.29, 1.82) is 0 Å². The number of fused-ring (bicyclic) bond motifs is 1. The number of anilines is 2. The minimum atomic E-state index is -4.40. The van der Waals surface area contributed by atoms with Crippen molar-refractivity contribution in [1.82, 2.24) is 19.9 Å². The Morgan fingerprint density at radius 3 is 2.65 bits per heavy atom. The van der Waals surface area contributed by atoms with Crippen molar-refractivity contribution in [3.8, 4) is 0 Å². The lowest BCUT2D eigenvalue weighted by atomic mass is 9.97. The van der Waals surface area contributed by atoms with Crippen molar-refractivity contribution in [2.45, 2.75) is 30.1 Å². The second-order valence-electron chi connectivity index (χ2n) is 8.40. The summed E-state index contributed by atoms with van der Waals surface area (Å²) in [4.78, 5) is 25.3. The number of thiazole rings is 1. The fourth-order valence-corrected chi connectivity index (χ4v) is 6.24. The predicted octanol–water partition coefficient (Wildman–Crippen LogP) is 4.80. The molecule has 2 N–H and O–H groups in total. The van der Waals surface area contributed by atoms with Crippen LogP contribution < -0.4 is 5.32 Å².